The highest BCUT2D eigenvalue weighted by molar-refractivity contribution is 6.31. The van der Waals surface area contributed by atoms with E-state index in [2.05, 4.69) is 37.6 Å². The van der Waals surface area contributed by atoms with Gasteiger partial charge in [0, 0.05) is 19.6 Å². The zero-order chi connectivity index (χ0) is 13.2. The van der Waals surface area contributed by atoms with Crippen LogP contribution in [-0.4, -0.2) is 18.1 Å². The first-order valence-electron chi connectivity index (χ1n) is 5.85. The topological polar surface area (TPSA) is 42.1 Å². The van der Waals surface area contributed by atoms with Crippen molar-refractivity contribution in [1.82, 2.24) is 4.98 Å². The molecule has 0 aliphatic rings. The monoisotopic (exact) mass is 255 g/mol. The minimum Gasteiger partial charge on any atom is -0.356 e. The molecule has 1 rings (SSSR count). The highest BCUT2D eigenvalue weighted by Gasteiger charge is 2.24. The van der Waals surface area contributed by atoms with Gasteiger partial charge in [-0.3, -0.25) is 0 Å². The quantitative estimate of drug-likeness (QED) is 0.903. The molecule has 1 heterocycles. The van der Waals surface area contributed by atoms with Crippen LogP contribution < -0.4 is 10.6 Å². The predicted octanol–water partition coefficient (Wildman–Crippen LogP) is 3.06. The fourth-order valence-electron chi connectivity index (χ4n) is 1.59. The van der Waals surface area contributed by atoms with E-state index < -0.39 is 0 Å². The Morgan fingerprint density at radius 3 is 2.47 bits per heavy atom. The summed E-state index contributed by atoms with van der Waals surface area (Å²) in [5.74, 6) is 0.914. The molecule has 1 aromatic heterocycles. The molecule has 0 radical (unpaired) electrons. The molecule has 0 saturated heterocycles. The van der Waals surface area contributed by atoms with Crippen LogP contribution in [0.25, 0.3) is 0 Å². The van der Waals surface area contributed by atoms with Crippen molar-refractivity contribution in [1.29, 1.82) is 0 Å². The van der Waals surface area contributed by atoms with Gasteiger partial charge in [0.25, 0.3) is 0 Å². The van der Waals surface area contributed by atoms with Crippen LogP contribution in [0.5, 0.6) is 0 Å². The molecule has 0 spiro atoms. The normalized spacial score (nSPS) is 13.6. The molecule has 0 aliphatic heterocycles. The van der Waals surface area contributed by atoms with Gasteiger partial charge in [-0.05, 0) is 24.5 Å². The summed E-state index contributed by atoms with van der Waals surface area (Å²) in [5, 5.41) is 0.632. The molecule has 1 atom stereocenters. The molecule has 3 nitrogen and oxygen atoms in total. The van der Waals surface area contributed by atoms with Gasteiger partial charge in [0.2, 0.25) is 0 Å². The number of anilines is 1. The van der Waals surface area contributed by atoms with Crippen molar-refractivity contribution in [2.24, 2.45) is 11.1 Å². The highest BCUT2D eigenvalue weighted by Crippen LogP contribution is 2.27. The Kier molecular flexibility index (Phi) is 4.39. The Labute approximate surface area is 109 Å². The van der Waals surface area contributed by atoms with Gasteiger partial charge in [0.1, 0.15) is 5.82 Å². The van der Waals surface area contributed by atoms with Crippen LogP contribution in [0, 0.1) is 5.41 Å². The number of hydrogen-bond acceptors (Lipinski definition) is 3. The maximum absolute atomic E-state index is 6.01. The first-order valence-corrected chi connectivity index (χ1v) is 6.23. The van der Waals surface area contributed by atoms with Crippen LogP contribution >= 0.6 is 11.6 Å². The van der Waals surface area contributed by atoms with E-state index in [4.69, 9.17) is 17.3 Å². The zero-order valence-electron chi connectivity index (χ0n) is 11.3. The summed E-state index contributed by atoms with van der Waals surface area (Å²) < 4.78 is 0. The molecular weight excluding hydrogens is 234 g/mol. The van der Waals surface area contributed by atoms with Gasteiger partial charge in [-0.1, -0.05) is 32.4 Å². The summed E-state index contributed by atoms with van der Waals surface area (Å²) in [4.78, 5) is 6.66. The Bertz CT molecular complexity index is 385. The van der Waals surface area contributed by atoms with Gasteiger partial charge < -0.3 is 10.6 Å². The van der Waals surface area contributed by atoms with E-state index in [1.807, 2.05) is 19.2 Å². The number of pyridine rings is 1. The molecule has 2 N–H and O–H groups in total. The Morgan fingerprint density at radius 2 is 2.00 bits per heavy atom. The first-order chi connectivity index (χ1) is 7.77. The van der Waals surface area contributed by atoms with E-state index in [0.29, 0.717) is 17.6 Å². The summed E-state index contributed by atoms with van der Waals surface area (Å²) in [6.45, 7) is 9.21. The van der Waals surface area contributed by atoms with E-state index in [9.17, 15) is 0 Å². The average molecular weight is 256 g/mol. The fourth-order valence-corrected chi connectivity index (χ4v) is 1.77. The van der Waals surface area contributed by atoms with Crippen LogP contribution in [0.3, 0.4) is 0 Å². The standard InChI is InChI=1S/C13H22ClN3/c1-9(13(2,3)4)17(5)12-7-6-10(14)11(8-15)16-12/h6-7,9H,8,15H2,1-5H3. The lowest BCUT2D eigenvalue weighted by molar-refractivity contribution is 0.328. The summed E-state index contributed by atoms with van der Waals surface area (Å²) in [7, 11) is 2.05. The molecule has 0 saturated carbocycles. The largest absolute Gasteiger partial charge is 0.356 e. The number of nitrogens with two attached hydrogens (primary N) is 1. The molecule has 0 fully saturated rings. The average Bonchev–Trinajstić information content (AvgIpc) is 2.26. The lowest BCUT2D eigenvalue weighted by Crippen LogP contribution is -2.39. The summed E-state index contributed by atoms with van der Waals surface area (Å²) in [5.41, 5.74) is 6.56. The second-order valence-corrected chi connectivity index (χ2v) is 5.86. The van der Waals surface area contributed by atoms with E-state index in [0.717, 1.165) is 11.5 Å². The Morgan fingerprint density at radius 1 is 1.41 bits per heavy atom. The molecule has 1 aromatic rings. The van der Waals surface area contributed by atoms with Gasteiger partial charge in [-0.15, -0.1) is 0 Å². The van der Waals surface area contributed by atoms with Gasteiger partial charge in [0.05, 0.1) is 10.7 Å². The van der Waals surface area contributed by atoms with Crippen LogP contribution in [0.4, 0.5) is 5.82 Å². The smallest absolute Gasteiger partial charge is 0.128 e. The van der Waals surface area contributed by atoms with Gasteiger partial charge in [0.15, 0.2) is 0 Å². The van der Waals surface area contributed by atoms with E-state index in [1.54, 1.807) is 0 Å². The molecule has 96 valence electrons. The Balaban J connectivity index is 3.00. The number of halogens is 1. The lowest BCUT2D eigenvalue weighted by atomic mass is 9.87. The van der Waals surface area contributed by atoms with Gasteiger partial charge >= 0.3 is 0 Å². The maximum Gasteiger partial charge on any atom is 0.128 e. The maximum atomic E-state index is 6.01. The van der Waals surface area contributed by atoms with Crippen molar-refractivity contribution in [3.63, 3.8) is 0 Å². The summed E-state index contributed by atoms with van der Waals surface area (Å²) in [6, 6.07) is 4.17. The molecular formula is C13H22ClN3. The van der Waals surface area contributed by atoms with E-state index in [1.165, 1.54) is 0 Å². The molecule has 0 aromatic carbocycles. The molecule has 0 amide bonds. The number of aromatic nitrogens is 1. The molecule has 1 unspecified atom stereocenters. The Hall–Kier alpha value is -0.800. The van der Waals surface area contributed by atoms with Crippen molar-refractivity contribution < 1.29 is 0 Å². The molecule has 0 bridgehead atoms. The van der Waals surface area contributed by atoms with Crippen molar-refractivity contribution in [2.45, 2.75) is 40.3 Å². The van der Waals surface area contributed by atoms with Crippen molar-refractivity contribution in [3.05, 3.63) is 22.8 Å². The summed E-state index contributed by atoms with van der Waals surface area (Å²) in [6.07, 6.45) is 0. The van der Waals surface area contributed by atoms with Crippen LogP contribution in [0.15, 0.2) is 12.1 Å². The number of rotatable bonds is 3. The minimum atomic E-state index is 0.193. The van der Waals surface area contributed by atoms with E-state index >= 15 is 0 Å². The third kappa shape index (κ3) is 3.33. The second-order valence-electron chi connectivity index (χ2n) is 5.45. The minimum absolute atomic E-state index is 0.193. The lowest BCUT2D eigenvalue weighted by Gasteiger charge is -2.36. The summed E-state index contributed by atoms with van der Waals surface area (Å²) >= 11 is 6.01. The van der Waals surface area contributed by atoms with E-state index in [-0.39, 0.29) is 5.41 Å². The second kappa shape index (κ2) is 5.23. The first kappa shape index (κ1) is 14.3. The third-order valence-corrected chi connectivity index (χ3v) is 3.64. The third-order valence-electron chi connectivity index (χ3n) is 3.29. The number of hydrogen-bond donors (Lipinski definition) is 1. The van der Waals surface area contributed by atoms with Crippen molar-refractivity contribution in [2.75, 3.05) is 11.9 Å². The van der Waals surface area contributed by atoms with Crippen molar-refractivity contribution >= 4 is 17.4 Å². The van der Waals surface area contributed by atoms with Gasteiger partial charge in [-0.2, -0.15) is 0 Å². The SMILES string of the molecule is CC(N(C)c1ccc(Cl)c(CN)n1)C(C)(C)C. The molecule has 17 heavy (non-hydrogen) atoms. The van der Waals surface area contributed by atoms with Crippen molar-refractivity contribution in [3.8, 4) is 0 Å². The molecule has 0 aliphatic carbocycles. The van der Waals surface area contributed by atoms with Crippen LogP contribution in [0.2, 0.25) is 5.02 Å². The van der Waals surface area contributed by atoms with Gasteiger partial charge in [-0.25, -0.2) is 4.98 Å². The van der Waals surface area contributed by atoms with Crippen LogP contribution in [-0.2, 0) is 6.54 Å². The predicted molar refractivity (Wildman–Crippen MR) is 74.5 cm³/mol. The number of nitrogens with zero attached hydrogens (tertiary/aromatic N) is 2. The fraction of sp³-hybridized carbons (Fsp3) is 0.615. The molecule has 4 heteroatoms. The highest BCUT2D eigenvalue weighted by atomic mass is 35.5. The zero-order valence-corrected chi connectivity index (χ0v) is 12.0. The van der Waals surface area contributed by atoms with Crippen LogP contribution in [0.1, 0.15) is 33.4 Å².